The molecule has 146 valence electrons. The number of fused-ring (bicyclic) bond motifs is 1. The van der Waals surface area contributed by atoms with E-state index in [0.29, 0.717) is 25.0 Å². The second-order valence-electron chi connectivity index (χ2n) is 7.82. The average molecular weight is 377 g/mol. The maximum atomic E-state index is 13.9. The number of carbonyl (C=O) groups excluding carboxylic acids is 2. The van der Waals surface area contributed by atoms with E-state index in [2.05, 4.69) is 5.32 Å². The summed E-state index contributed by atoms with van der Waals surface area (Å²) in [7, 11) is 0. The third-order valence-electron chi connectivity index (χ3n) is 6.22. The first-order valence-corrected chi connectivity index (χ1v) is 9.82. The van der Waals surface area contributed by atoms with Crippen LogP contribution in [0, 0.1) is 17.6 Å². The normalized spacial score (nSPS) is 28.1. The molecule has 5 nitrogen and oxygen atoms in total. The number of amides is 2. The Balaban J connectivity index is 1.35. The lowest BCUT2D eigenvalue weighted by atomic mass is 9.85. The fourth-order valence-electron chi connectivity index (χ4n) is 4.72. The Morgan fingerprint density at radius 1 is 0.963 bits per heavy atom. The number of nitrogens with zero attached hydrogens (tertiary/aromatic N) is 2. The van der Waals surface area contributed by atoms with Gasteiger partial charge >= 0.3 is 0 Å². The highest BCUT2D eigenvalue weighted by molar-refractivity contribution is 5.95. The van der Waals surface area contributed by atoms with Crippen molar-refractivity contribution in [1.82, 2.24) is 15.1 Å². The zero-order chi connectivity index (χ0) is 19.0. The van der Waals surface area contributed by atoms with Crippen molar-refractivity contribution in [2.24, 2.45) is 5.92 Å². The quantitative estimate of drug-likeness (QED) is 0.860. The van der Waals surface area contributed by atoms with Crippen molar-refractivity contribution < 1.29 is 18.4 Å². The third-order valence-corrected chi connectivity index (χ3v) is 6.22. The number of carbonyl (C=O) groups is 2. The second-order valence-corrected chi connectivity index (χ2v) is 7.82. The summed E-state index contributed by atoms with van der Waals surface area (Å²) in [5, 5.41) is 3.49. The maximum absolute atomic E-state index is 13.9. The molecular formula is C20H25F2N3O2. The first-order chi connectivity index (χ1) is 13.0. The Labute approximate surface area is 157 Å². The van der Waals surface area contributed by atoms with Gasteiger partial charge in [-0.1, -0.05) is 18.9 Å². The minimum Gasteiger partial charge on any atom is -0.338 e. The molecule has 3 aliphatic rings. The largest absolute Gasteiger partial charge is 0.338 e. The fraction of sp³-hybridized carbons (Fsp3) is 0.600. The topological polar surface area (TPSA) is 52.7 Å². The van der Waals surface area contributed by atoms with Crippen LogP contribution in [0.15, 0.2) is 18.2 Å². The maximum Gasteiger partial charge on any atom is 0.259 e. The van der Waals surface area contributed by atoms with Gasteiger partial charge in [0.05, 0.1) is 6.04 Å². The molecule has 4 rings (SSSR count). The molecule has 1 N–H and O–H groups in total. The van der Waals surface area contributed by atoms with Gasteiger partial charge < -0.3 is 15.1 Å². The van der Waals surface area contributed by atoms with Gasteiger partial charge in [-0.2, -0.15) is 0 Å². The molecule has 3 atom stereocenters. The molecule has 1 aromatic rings. The van der Waals surface area contributed by atoms with Crippen molar-refractivity contribution in [1.29, 1.82) is 0 Å². The van der Waals surface area contributed by atoms with Crippen LogP contribution in [0.2, 0.25) is 0 Å². The van der Waals surface area contributed by atoms with E-state index in [1.807, 2.05) is 0 Å². The Morgan fingerprint density at radius 3 is 2.26 bits per heavy atom. The van der Waals surface area contributed by atoms with Crippen LogP contribution in [0.5, 0.6) is 0 Å². The van der Waals surface area contributed by atoms with Gasteiger partial charge in [0.25, 0.3) is 5.91 Å². The lowest BCUT2D eigenvalue weighted by molar-refractivity contribution is -0.134. The molecule has 0 radical (unpaired) electrons. The molecule has 1 saturated carbocycles. The van der Waals surface area contributed by atoms with E-state index in [9.17, 15) is 18.4 Å². The molecule has 2 heterocycles. The van der Waals surface area contributed by atoms with Gasteiger partial charge in [-0.15, -0.1) is 0 Å². The molecule has 2 saturated heterocycles. The molecule has 0 bridgehead atoms. The summed E-state index contributed by atoms with van der Waals surface area (Å²) in [5.41, 5.74) is -0.515. The predicted molar refractivity (Wildman–Crippen MR) is 96.1 cm³/mol. The van der Waals surface area contributed by atoms with Crippen molar-refractivity contribution in [3.8, 4) is 0 Å². The number of hydrogen-bond acceptors (Lipinski definition) is 3. The van der Waals surface area contributed by atoms with Crippen molar-refractivity contribution in [2.45, 2.75) is 44.2 Å². The van der Waals surface area contributed by atoms with E-state index in [1.165, 1.54) is 30.2 Å². The van der Waals surface area contributed by atoms with Gasteiger partial charge in [-0.3, -0.25) is 9.59 Å². The summed E-state index contributed by atoms with van der Waals surface area (Å²) in [5.74, 6) is -1.66. The first kappa shape index (κ1) is 18.3. The third kappa shape index (κ3) is 3.57. The highest BCUT2D eigenvalue weighted by Gasteiger charge is 2.40. The van der Waals surface area contributed by atoms with Crippen LogP contribution >= 0.6 is 0 Å². The number of rotatable bonds is 2. The summed E-state index contributed by atoms with van der Waals surface area (Å²) in [4.78, 5) is 28.5. The van der Waals surface area contributed by atoms with Gasteiger partial charge in [-0.05, 0) is 37.3 Å². The monoisotopic (exact) mass is 377 g/mol. The zero-order valence-electron chi connectivity index (χ0n) is 15.3. The van der Waals surface area contributed by atoms with E-state index < -0.39 is 23.1 Å². The van der Waals surface area contributed by atoms with Gasteiger partial charge in [-0.25, -0.2) is 8.78 Å². The van der Waals surface area contributed by atoms with E-state index in [-0.39, 0.29) is 25.0 Å². The number of benzene rings is 1. The van der Waals surface area contributed by atoms with Gasteiger partial charge in [0.2, 0.25) is 5.91 Å². The molecule has 2 amide bonds. The van der Waals surface area contributed by atoms with Gasteiger partial charge in [0.1, 0.15) is 17.2 Å². The van der Waals surface area contributed by atoms with Crippen LogP contribution in [0.4, 0.5) is 8.78 Å². The Bertz CT molecular complexity index is 700. The second kappa shape index (κ2) is 7.54. The molecular weight excluding hydrogens is 352 g/mol. The first-order valence-electron chi connectivity index (χ1n) is 9.82. The van der Waals surface area contributed by atoms with Crippen molar-refractivity contribution in [3.63, 3.8) is 0 Å². The van der Waals surface area contributed by atoms with E-state index in [0.717, 1.165) is 25.0 Å². The minimum atomic E-state index is -0.851. The number of nitrogens with one attached hydrogen (secondary N) is 1. The summed E-state index contributed by atoms with van der Waals surface area (Å²) < 4.78 is 27.7. The molecule has 2 aliphatic heterocycles. The Kier molecular flexibility index (Phi) is 5.12. The zero-order valence-corrected chi connectivity index (χ0v) is 15.3. The predicted octanol–water partition coefficient (Wildman–Crippen LogP) is 2.17. The summed E-state index contributed by atoms with van der Waals surface area (Å²) in [6.45, 7) is 1.37. The van der Waals surface area contributed by atoms with E-state index >= 15 is 0 Å². The van der Waals surface area contributed by atoms with Gasteiger partial charge in [0.15, 0.2) is 0 Å². The number of piperazine rings is 1. The highest BCUT2D eigenvalue weighted by Crippen LogP contribution is 2.33. The molecule has 27 heavy (non-hydrogen) atoms. The standard InChI is InChI=1S/C20H25F2N3O2/c21-14-5-3-6-15(22)18(14)20(27)25-10-8-24(9-11-25)19(26)17-12-13-4-1-2-7-16(13)23-17/h3,5-6,13,16-17,23H,1-2,4,7-12H2. The smallest absolute Gasteiger partial charge is 0.259 e. The SMILES string of the molecule is O=C(c1c(F)cccc1F)N1CCN(C(=O)C2CC3CCCCC3N2)CC1. The molecule has 3 fully saturated rings. The molecule has 1 aliphatic carbocycles. The van der Waals surface area contributed by atoms with E-state index in [1.54, 1.807) is 4.90 Å². The van der Waals surface area contributed by atoms with Crippen molar-refractivity contribution >= 4 is 11.8 Å². The van der Waals surface area contributed by atoms with E-state index in [4.69, 9.17) is 0 Å². The lowest BCUT2D eigenvalue weighted by Crippen LogP contribution is -2.54. The van der Waals surface area contributed by atoms with Crippen molar-refractivity contribution in [3.05, 3.63) is 35.4 Å². The molecule has 0 aromatic heterocycles. The summed E-state index contributed by atoms with van der Waals surface area (Å²) in [6.07, 6.45) is 5.70. The lowest BCUT2D eigenvalue weighted by Gasteiger charge is -2.36. The summed E-state index contributed by atoms with van der Waals surface area (Å²) >= 11 is 0. The average Bonchev–Trinajstić information content (AvgIpc) is 3.11. The molecule has 7 heteroatoms. The summed E-state index contributed by atoms with van der Waals surface area (Å²) in [6, 6.07) is 3.73. The van der Waals surface area contributed by atoms with Gasteiger partial charge in [0, 0.05) is 32.2 Å². The number of hydrogen-bond donors (Lipinski definition) is 1. The van der Waals surface area contributed by atoms with Crippen LogP contribution in [-0.4, -0.2) is 59.9 Å². The van der Waals surface area contributed by atoms with Crippen LogP contribution in [0.3, 0.4) is 0 Å². The van der Waals surface area contributed by atoms with Crippen molar-refractivity contribution in [2.75, 3.05) is 26.2 Å². The van der Waals surface area contributed by atoms with Crippen LogP contribution < -0.4 is 5.32 Å². The van der Waals surface area contributed by atoms with Crippen LogP contribution in [0.25, 0.3) is 0 Å². The highest BCUT2D eigenvalue weighted by atomic mass is 19.1. The molecule has 0 spiro atoms. The number of halogens is 2. The Hall–Kier alpha value is -2.02. The fourth-order valence-corrected chi connectivity index (χ4v) is 4.72. The van der Waals surface area contributed by atoms with Crippen LogP contribution in [-0.2, 0) is 4.79 Å². The molecule has 3 unspecified atom stereocenters. The minimum absolute atomic E-state index is 0.0913. The van der Waals surface area contributed by atoms with Crippen LogP contribution in [0.1, 0.15) is 42.5 Å². The Morgan fingerprint density at radius 2 is 1.59 bits per heavy atom. The molecule has 1 aromatic carbocycles.